The molecule has 4 aliphatic rings. The van der Waals surface area contributed by atoms with Crippen molar-refractivity contribution < 1.29 is 63.3 Å². The minimum atomic E-state index is -1.72. The molecule has 0 bridgehead atoms. The number of amides is 9. The molecular weight excluding hydrogens is 1250 g/mol. The minimum Gasteiger partial charge on any atom is -0.480 e. The molecule has 1 aromatic heterocycles. The molecule has 2 aromatic carbocycles. The summed E-state index contributed by atoms with van der Waals surface area (Å²) in [6, 6.07) is 7.34. The number of hydrogen-bond donors (Lipinski definition) is 16. The number of thiophene rings is 1. The van der Waals surface area contributed by atoms with Crippen LogP contribution in [0.1, 0.15) is 84.9 Å². The molecular formula is C62H89N19O13S. The quantitative estimate of drug-likeness (QED) is 0.0151. The van der Waals surface area contributed by atoms with E-state index in [0.717, 1.165) is 27.2 Å². The van der Waals surface area contributed by atoms with Gasteiger partial charge in [-0.05, 0) is 117 Å². The van der Waals surface area contributed by atoms with Gasteiger partial charge in [0.25, 0.3) is 0 Å². The molecule has 33 heteroatoms. The van der Waals surface area contributed by atoms with E-state index in [1.165, 1.54) is 21.1 Å². The van der Waals surface area contributed by atoms with Crippen molar-refractivity contribution in [2.75, 3.05) is 52.4 Å². The fourth-order valence-corrected chi connectivity index (χ4v) is 13.2. The van der Waals surface area contributed by atoms with E-state index in [2.05, 4.69) is 46.9 Å². The second-order valence-corrected chi connectivity index (χ2v) is 25.2. The first kappa shape index (κ1) is 72.9. The zero-order chi connectivity index (χ0) is 68.9. The molecule has 516 valence electrons. The van der Waals surface area contributed by atoms with Crippen molar-refractivity contribution in [2.45, 2.75) is 150 Å². The van der Waals surface area contributed by atoms with Gasteiger partial charge in [0.15, 0.2) is 17.9 Å². The van der Waals surface area contributed by atoms with Crippen LogP contribution in [0, 0.1) is 5.92 Å². The van der Waals surface area contributed by atoms with Crippen molar-refractivity contribution in [2.24, 2.45) is 61.0 Å². The summed E-state index contributed by atoms with van der Waals surface area (Å²) in [5, 5.41) is 49.2. The van der Waals surface area contributed by atoms with Crippen molar-refractivity contribution >= 4 is 88.3 Å². The zero-order valence-corrected chi connectivity index (χ0v) is 53.6. The number of aliphatic imine (C=N–C) groups is 3. The number of carbonyl (C=O) groups is 10. The number of carboxylic acids is 1. The lowest BCUT2D eigenvalue weighted by molar-refractivity contribution is -0.148. The Hall–Kier alpha value is -9.47. The lowest BCUT2D eigenvalue weighted by Crippen LogP contribution is -2.61. The van der Waals surface area contributed by atoms with Gasteiger partial charge in [-0.2, -0.15) is 0 Å². The molecule has 9 amide bonds. The van der Waals surface area contributed by atoms with Crippen molar-refractivity contribution in [3.8, 4) is 0 Å². The summed E-state index contributed by atoms with van der Waals surface area (Å²) in [6.07, 6.45) is 1.41. The van der Waals surface area contributed by atoms with Gasteiger partial charge in [0.2, 0.25) is 53.2 Å². The first-order chi connectivity index (χ1) is 45.4. The number of carbonyl (C=O) groups excluding carboxylic acids is 9. The summed E-state index contributed by atoms with van der Waals surface area (Å²) in [6.45, 7) is -2.02. The third-order valence-electron chi connectivity index (χ3n) is 17.2. The van der Waals surface area contributed by atoms with Crippen LogP contribution in [0.2, 0.25) is 0 Å². The zero-order valence-electron chi connectivity index (χ0n) is 52.8. The SMILES string of the molecule is NC(N)=NCCC[C@@H](N)C(=O)N[C@@H](CCCN=C(N)N)C(=O)N1CCC[C@H]1C(=O)N1C[C@H](O)C[C@H]1C(=O)NCC(=O)N[C@@H](Cc1cccs1)C(=O)N[C@@H](CO)C(=O)N[C@@H](C(=O)N(CC(=O)N[C@@H](CCCN=C(N)N)C(=O)O)C1Cc2ccccc2C1)C1Cc2ccccc2C1. The van der Waals surface area contributed by atoms with E-state index in [0.29, 0.717) is 43.4 Å². The Kier molecular flexibility index (Phi) is 27.0. The summed E-state index contributed by atoms with van der Waals surface area (Å²) in [4.78, 5) is 157. The number of aliphatic carboxylic acids is 1. The number of carboxylic acid groups (broad SMARTS) is 1. The van der Waals surface area contributed by atoms with E-state index < -0.39 is 145 Å². The Bertz CT molecular complexity index is 3250. The molecule has 0 spiro atoms. The summed E-state index contributed by atoms with van der Waals surface area (Å²) >= 11 is 1.26. The third kappa shape index (κ3) is 21.0. The predicted octanol–water partition coefficient (Wildman–Crippen LogP) is -5.24. The molecule has 9 atom stereocenters. The molecule has 3 aromatic rings. The average Bonchev–Trinajstić information content (AvgIpc) is 1.69. The Balaban J connectivity index is 1.03. The Morgan fingerprint density at radius 2 is 1.18 bits per heavy atom. The van der Waals surface area contributed by atoms with E-state index in [-0.39, 0.29) is 102 Å². The standard InChI is InChI=1S/C62H89N19O13S/c63-42(15-5-19-70-60(64)65)52(86)76-43(16-6-20-71-61(66)67)56(90)79-22-8-18-47(79)57(91)81-31-40(83)28-48(81)55(89)73-30-49(84)75-45(29-41-14-9-23-95-41)53(87)77-46(33-82)54(88)78-51(38-24-34-10-1-2-11-35(34)25-38)58(92)80(39-26-36-12-3-4-13-37(36)27-39)32-50(85)74-44(59(93)94)17-7-21-72-62(68)69/h1-4,9-14,23,38-40,42-48,51,82-83H,5-8,15-22,24-33,63H2,(H,73,89)(H,74,85)(H,75,84)(H,76,86)(H,77,87)(H,78,88)(H,93,94)(H4,64,65,70)(H4,66,67,71)(H4,68,69,72)/t40-,42-,43+,44+,45+,46+,47+,48+,51-/m1/s1. The molecule has 32 nitrogen and oxygen atoms in total. The number of fused-ring (bicyclic) bond motifs is 2. The number of benzene rings is 2. The monoisotopic (exact) mass is 1340 g/mol. The molecule has 7 rings (SSSR count). The van der Waals surface area contributed by atoms with Crippen LogP contribution in [0.3, 0.4) is 0 Å². The highest BCUT2D eigenvalue weighted by Gasteiger charge is 2.47. The first-order valence-corrected chi connectivity index (χ1v) is 32.6. The number of nitrogens with one attached hydrogen (secondary N) is 6. The van der Waals surface area contributed by atoms with Gasteiger partial charge in [0, 0.05) is 56.5 Å². The van der Waals surface area contributed by atoms with E-state index in [4.69, 9.17) is 40.1 Å². The number of guanidine groups is 3. The van der Waals surface area contributed by atoms with Gasteiger partial charge in [-0.15, -0.1) is 11.3 Å². The van der Waals surface area contributed by atoms with Crippen LogP contribution in [0.15, 0.2) is 81.0 Å². The third-order valence-corrected chi connectivity index (χ3v) is 18.1. The number of likely N-dealkylation sites (tertiary alicyclic amines) is 2. The minimum absolute atomic E-state index is 0.0351. The van der Waals surface area contributed by atoms with Gasteiger partial charge < -0.3 is 102 Å². The molecule has 95 heavy (non-hydrogen) atoms. The molecule has 2 aliphatic heterocycles. The topological polar surface area (TPSA) is 533 Å². The number of hydrogen-bond acceptors (Lipinski definition) is 17. The lowest BCUT2D eigenvalue weighted by Gasteiger charge is -2.35. The number of aliphatic hydroxyl groups is 2. The summed E-state index contributed by atoms with van der Waals surface area (Å²) in [7, 11) is 0. The Labute approximate surface area is 553 Å². The van der Waals surface area contributed by atoms with Crippen LogP contribution in [-0.2, 0) is 80.0 Å². The first-order valence-electron chi connectivity index (χ1n) is 31.7. The Morgan fingerprint density at radius 1 is 0.632 bits per heavy atom. The molecule has 2 saturated heterocycles. The average molecular weight is 1340 g/mol. The normalized spacial score (nSPS) is 18.5. The highest BCUT2D eigenvalue weighted by atomic mass is 32.1. The summed E-state index contributed by atoms with van der Waals surface area (Å²) in [5.74, 6) is -9.34. The van der Waals surface area contributed by atoms with Crippen LogP contribution in [-0.4, -0.2) is 220 Å². The van der Waals surface area contributed by atoms with Crippen LogP contribution >= 0.6 is 11.3 Å². The van der Waals surface area contributed by atoms with Crippen LogP contribution in [0.25, 0.3) is 0 Å². The molecule has 23 N–H and O–H groups in total. The van der Waals surface area contributed by atoms with E-state index in [9.17, 15) is 58.5 Å². The number of nitrogens with two attached hydrogens (primary N) is 7. The molecule has 2 aliphatic carbocycles. The molecule has 0 unspecified atom stereocenters. The Morgan fingerprint density at radius 3 is 1.74 bits per heavy atom. The van der Waals surface area contributed by atoms with Gasteiger partial charge in [-0.1, -0.05) is 54.6 Å². The number of rotatable bonds is 34. The van der Waals surface area contributed by atoms with Crippen molar-refractivity contribution in [3.63, 3.8) is 0 Å². The number of β-amino-alcohol motifs (C(OH)–C–C–N with tert-alkyl or cyclic N) is 1. The van der Waals surface area contributed by atoms with Crippen LogP contribution in [0.5, 0.6) is 0 Å². The van der Waals surface area contributed by atoms with E-state index >= 15 is 4.79 Å². The van der Waals surface area contributed by atoms with E-state index in [1.807, 2.05) is 48.5 Å². The second kappa shape index (κ2) is 35.2. The van der Waals surface area contributed by atoms with Crippen molar-refractivity contribution in [1.82, 2.24) is 46.6 Å². The van der Waals surface area contributed by atoms with Crippen LogP contribution in [0.4, 0.5) is 0 Å². The molecule has 2 fully saturated rings. The van der Waals surface area contributed by atoms with Gasteiger partial charge >= 0.3 is 5.97 Å². The largest absolute Gasteiger partial charge is 0.480 e. The second-order valence-electron chi connectivity index (χ2n) is 24.1. The number of nitrogens with zero attached hydrogens (tertiary/aromatic N) is 6. The molecule has 3 heterocycles. The van der Waals surface area contributed by atoms with Gasteiger partial charge in [-0.25, -0.2) is 4.79 Å². The van der Waals surface area contributed by atoms with Gasteiger partial charge in [0.1, 0.15) is 42.3 Å². The molecule has 0 radical (unpaired) electrons. The maximum atomic E-state index is 15.4. The summed E-state index contributed by atoms with van der Waals surface area (Å²) < 4.78 is 0. The fraction of sp³-hybridized carbons (Fsp3) is 0.532. The molecule has 0 saturated carbocycles. The van der Waals surface area contributed by atoms with E-state index in [1.54, 1.807) is 17.5 Å². The fourth-order valence-electron chi connectivity index (χ4n) is 12.5. The maximum absolute atomic E-state index is 15.4. The number of aliphatic hydroxyl groups excluding tert-OH is 2. The highest BCUT2D eigenvalue weighted by molar-refractivity contribution is 7.09. The maximum Gasteiger partial charge on any atom is 0.326 e. The highest BCUT2D eigenvalue weighted by Crippen LogP contribution is 2.33. The smallest absolute Gasteiger partial charge is 0.326 e. The summed E-state index contributed by atoms with van der Waals surface area (Å²) in [5.41, 5.74) is 42.5. The van der Waals surface area contributed by atoms with Crippen LogP contribution < -0.4 is 72.0 Å². The predicted molar refractivity (Wildman–Crippen MR) is 351 cm³/mol. The van der Waals surface area contributed by atoms with Crippen molar-refractivity contribution in [3.05, 3.63) is 93.2 Å². The van der Waals surface area contributed by atoms with Gasteiger partial charge in [-0.3, -0.25) is 58.1 Å². The van der Waals surface area contributed by atoms with Gasteiger partial charge in [0.05, 0.1) is 31.8 Å². The lowest BCUT2D eigenvalue weighted by atomic mass is 9.93. The van der Waals surface area contributed by atoms with Crippen molar-refractivity contribution in [1.29, 1.82) is 0 Å².